The first-order chi connectivity index (χ1) is 13.0. The first kappa shape index (κ1) is 18.4. The van der Waals surface area contributed by atoms with Crippen LogP contribution in [0.25, 0.3) is 5.69 Å². The second kappa shape index (κ2) is 7.88. The summed E-state index contributed by atoms with van der Waals surface area (Å²) in [5.41, 5.74) is 1.39. The van der Waals surface area contributed by atoms with Crippen molar-refractivity contribution in [2.45, 2.75) is 11.9 Å². The molecule has 0 aliphatic rings. The highest BCUT2D eigenvalue weighted by atomic mass is 32.2. The van der Waals surface area contributed by atoms with Gasteiger partial charge in [0.1, 0.15) is 16.8 Å². The smallest absolute Gasteiger partial charge is 0.307 e. The van der Waals surface area contributed by atoms with Gasteiger partial charge < -0.3 is 14.4 Å². The van der Waals surface area contributed by atoms with Crippen molar-refractivity contribution in [1.29, 1.82) is 5.26 Å². The number of aryl methyl sites for hydroxylation is 1. The molecule has 2 heterocycles. The third-order valence-corrected chi connectivity index (χ3v) is 4.64. The molecular weight excluding hydrogens is 368 g/mol. The summed E-state index contributed by atoms with van der Waals surface area (Å²) in [5.74, 6) is -0.760. The Bertz CT molecular complexity index is 1020. The monoisotopic (exact) mass is 382 g/mol. The van der Waals surface area contributed by atoms with E-state index in [4.69, 9.17) is 10.00 Å². The van der Waals surface area contributed by atoms with Gasteiger partial charge in [-0.3, -0.25) is 4.79 Å². The zero-order valence-corrected chi connectivity index (χ0v) is 15.3. The third kappa shape index (κ3) is 3.91. The Hall–Kier alpha value is -3.38. The summed E-state index contributed by atoms with van der Waals surface area (Å²) in [7, 11) is 1.54. The number of ether oxygens (including phenoxy) is 1. The quantitative estimate of drug-likeness (QED) is 0.358. The summed E-state index contributed by atoms with van der Waals surface area (Å²) in [6, 6.07) is 12.1. The molecule has 0 unspecified atom stereocenters. The molecule has 0 fully saturated rings. The molecule has 3 rings (SSSR count). The molecule has 3 aromatic rings. The highest BCUT2D eigenvalue weighted by molar-refractivity contribution is 8.00. The minimum atomic E-state index is -0.825. The molecule has 27 heavy (non-hydrogen) atoms. The van der Waals surface area contributed by atoms with E-state index < -0.39 is 11.7 Å². The van der Waals surface area contributed by atoms with Gasteiger partial charge >= 0.3 is 5.69 Å². The molecule has 0 aliphatic carbocycles. The van der Waals surface area contributed by atoms with Crippen molar-refractivity contribution >= 4 is 17.5 Å². The van der Waals surface area contributed by atoms with Gasteiger partial charge in [0.15, 0.2) is 5.95 Å². The first-order valence-electron chi connectivity index (χ1n) is 7.80. The number of methoxy groups -OCH3 is 1. The van der Waals surface area contributed by atoms with Crippen LogP contribution in [-0.2, 0) is 0 Å². The lowest BCUT2D eigenvalue weighted by atomic mass is 10.2. The van der Waals surface area contributed by atoms with Crippen molar-refractivity contribution in [3.63, 3.8) is 0 Å². The van der Waals surface area contributed by atoms with Gasteiger partial charge in [-0.05, 0) is 35.9 Å². The molecule has 0 saturated carbocycles. The van der Waals surface area contributed by atoms with E-state index in [9.17, 15) is 9.90 Å². The summed E-state index contributed by atoms with van der Waals surface area (Å²) in [6.45, 7) is 1.79. The van der Waals surface area contributed by atoms with Crippen LogP contribution >= 0.6 is 11.8 Å². The molecule has 0 radical (unpaired) electrons. The van der Waals surface area contributed by atoms with E-state index in [1.54, 1.807) is 43.3 Å². The number of nitrogens with zero attached hydrogens (tertiary/aromatic N) is 4. The first-order valence-corrected chi connectivity index (χ1v) is 8.79. The summed E-state index contributed by atoms with van der Waals surface area (Å²) < 4.78 is 10.9. The molecule has 0 spiro atoms. The fourth-order valence-corrected chi connectivity index (χ4v) is 3.19. The number of ketones is 1. The fraction of sp³-hybridized carbons (Fsp3) is 0.167. The van der Waals surface area contributed by atoms with Crippen LogP contribution in [0.4, 0.5) is 0 Å². The van der Waals surface area contributed by atoms with E-state index in [0.717, 1.165) is 22.1 Å². The van der Waals surface area contributed by atoms with Crippen LogP contribution in [0.15, 0.2) is 45.9 Å². The Balaban J connectivity index is 1.84. The Labute approximate surface area is 159 Å². The van der Waals surface area contributed by atoms with E-state index in [0.29, 0.717) is 22.0 Å². The summed E-state index contributed by atoms with van der Waals surface area (Å²) >= 11 is 1.09. The Morgan fingerprint density at radius 2 is 2.07 bits per heavy atom. The standard InChI is InChI=1S/C18H14N4O4S/c1-11-3-4-12(9-19)17(20-11)27-10-15(23)16-18(24)26-21-22(16)13-5-7-14(25-2)8-6-13/h3-8H,10H2,1-2H3. The van der Waals surface area contributed by atoms with Crippen LogP contribution in [0.1, 0.15) is 21.7 Å². The summed E-state index contributed by atoms with van der Waals surface area (Å²) in [5, 5.41) is 25.2. The average Bonchev–Trinajstić information content (AvgIpc) is 3.07. The summed E-state index contributed by atoms with van der Waals surface area (Å²) in [6.07, 6.45) is 0. The number of carbonyl (C=O) groups excluding carboxylic acids is 1. The van der Waals surface area contributed by atoms with Gasteiger partial charge in [-0.25, -0.2) is 4.98 Å². The van der Waals surface area contributed by atoms with Gasteiger partial charge in [0.2, 0.25) is 11.5 Å². The van der Waals surface area contributed by atoms with E-state index in [2.05, 4.69) is 14.8 Å². The zero-order chi connectivity index (χ0) is 19.4. The van der Waals surface area contributed by atoms with Gasteiger partial charge in [-0.2, -0.15) is 5.26 Å². The molecule has 2 aromatic heterocycles. The lowest BCUT2D eigenvalue weighted by molar-refractivity contribution is -0.672. The van der Waals surface area contributed by atoms with Crippen LogP contribution in [0.2, 0.25) is 0 Å². The molecule has 0 bridgehead atoms. The molecular formula is C18H14N4O4S. The maximum atomic E-state index is 12.6. The largest absolute Gasteiger partial charge is 0.539 e. The van der Waals surface area contributed by atoms with Crippen molar-refractivity contribution in [3.05, 3.63) is 53.3 Å². The number of nitriles is 1. The van der Waals surface area contributed by atoms with Crippen LogP contribution in [-0.4, -0.2) is 28.9 Å². The zero-order valence-electron chi connectivity index (χ0n) is 14.5. The predicted octanol–water partition coefficient (Wildman–Crippen LogP) is 1.58. The molecule has 0 atom stereocenters. The van der Waals surface area contributed by atoms with Crippen molar-refractivity contribution in [3.8, 4) is 23.5 Å². The molecule has 9 heteroatoms. The topological polar surface area (TPSA) is 116 Å². The van der Waals surface area contributed by atoms with E-state index in [1.807, 2.05) is 6.07 Å². The number of carbonyl (C=O) groups is 1. The Kier molecular flexibility index (Phi) is 5.38. The Morgan fingerprint density at radius 3 is 2.74 bits per heavy atom. The number of Topliss-reactive ketones (excluding diaryl/α,β-unsaturated/α-hetero) is 1. The number of benzene rings is 1. The highest BCUT2D eigenvalue weighted by Crippen LogP contribution is 2.23. The van der Waals surface area contributed by atoms with E-state index in [1.165, 1.54) is 7.11 Å². The van der Waals surface area contributed by atoms with Crippen molar-refractivity contribution in [2.75, 3.05) is 12.9 Å². The third-order valence-electron chi connectivity index (χ3n) is 3.65. The highest BCUT2D eigenvalue weighted by Gasteiger charge is 2.28. The molecule has 0 N–H and O–H groups in total. The maximum Gasteiger partial charge on any atom is 0.307 e. The van der Waals surface area contributed by atoms with Crippen molar-refractivity contribution in [2.24, 2.45) is 0 Å². The van der Waals surface area contributed by atoms with Crippen LogP contribution in [0.5, 0.6) is 11.7 Å². The Morgan fingerprint density at radius 1 is 1.33 bits per heavy atom. The predicted molar refractivity (Wildman–Crippen MR) is 92.8 cm³/mol. The SMILES string of the molecule is COc1ccc(-[n+]2noc([O-])c2C(=O)CSc2nc(C)ccc2C#N)cc1. The molecule has 0 aliphatic heterocycles. The molecule has 8 nitrogen and oxygen atoms in total. The normalized spacial score (nSPS) is 10.4. The lowest BCUT2D eigenvalue weighted by Crippen LogP contribution is -2.39. The second-order valence-corrected chi connectivity index (χ2v) is 6.41. The minimum Gasteiger partial charge on any atom is -0.539 e. The van der Waals surface area contributed by atoms with Crippen molar-refractivity contribution in [1.82, 2.24) is 10.3 Å². The number of thioether (sulfide) groups is 1. The number of hydrogen-bond acceptors (Lipinski definition) is 8. The maximum absolute atomic E-state index is 12.6. The molecule has 0 amide bonds. The van der Waals surface area contributed by atoms with E-state index in [-0.39, 0.29) is 11.4 Å². The lowest BCUT2D eigenvalue weighted by Gasteiger charge is -2.03. The molecule has 1 aromatic carbocycles. The van der Waals surface area contributed by atoms with Crippen molar-refractivity contribution < 1.29 is 23.8 Å². The minimum absolute atomic E-state index is 0.0856. The van der Waals surface area contributed by atoms with Crippen LogP contribution in [0.3, 0.4) is 0 Å². The van der Waals surface area contributed by atoms with Crippen LogP contribution in [0, 0.1) is 18.3 Å². The number of hydrogen-bond donors (Lipinski definition) is 0. The molecule has 0 saturated heterocycles. The van der Waals surface area contributed by atoms with Crippen LogP contribution < -0.4 is 14.5 Å². The molecule has 136 valence electrons. The number of rotatable bonds is 6. The second-order valence-electron chi connectivity index (χ2n) is 5.45. The number of pyridine rings is 1. The van der Waals surface area contributed by atoms with Gasteiger partial charge in [-0.15, -0.1) is 0 Å². The van der Waals surface area contributed by atoms with E-state index >= 15 is 0 Å². The fourth-order valence-electron chi connectivity index (χ4n) is 2.31. The number of aromatic nitrogens is 3. The van der Waals surface area contributed by atoms with Gasteiger partial charge in [0.05, 0.1) is 23.7 Å². The van der Waals surface area contributed by atoms with Gasteiger partial charge in [-0.1, -0.05) is 11.8 Å². The average molecular weight is 382 g/mol. The summed E-state index contributed by atoms with van der Waals surface area (Å²) in [4.78, 5) is 16.9. The van der Waals surface area contributed by atoms with Gasteiger partial charge in [0.25, 0.3) is 0 Å². The van der Waals surface area contributed by atoms with Gasteiger partial charge in [0, 0.05) is 17.8 Å².